The van der Waals surface area contributed by atoms with Gasteiger partial charge in [-0.1, -0.05) is 6.07 Å². The van der Waals surface area contributed by atoms with E-state index < -0.39 is 12.2 Å². The lowest BCUT2D eigenvalue weighted by Crippen LogP contribution is -2.50. The van der Waals surface area contributed by atoms with Crippen LogP contribution < -0.4 is 15.4 Å². The van der Waals surface area contributed by atoms with E-state index in [-0.39, 0.29) is 17.7 Å². The zero-order valence-corrected chi connectivity index (χ0v) is 19.2. The van der Waals surface area contributed by atoms with Crippen LogP contribution in [0.15, 0.2) is 36.8 Å². The number of hydrogen-bond donors (Lipinski definition) is 1. The summed E-state index contributed by atoms with van der Waals surface area (Å²) in [5.41, 5.74) is 7.49. The van der Waals surface area contributed by atoms with Crippen molar-refractivity contribution in [2.75, 3.05) is 36.8 Å². The number of aromatic nitrogens is 3. The Hall–Kier alpha value is -3.76. The third-order valence-corrected chi connectivity index (χ3v) is 5.26. The number of piperazine rings is 1. The molecule has 1 amide bonds. The van der Waals surface area contributed by atoms with Gasteiger partial charge in [0.05, 0.1) is 11.2 Å². The Morgan fingerprint density at radius 2 is 1.79 bits per heavy atom. The number of halogens is 2. The van der Waals surface area contributed by atoms with Crippen LogP contribution >= 0.6 is 0 Å². The molecule has 3 heterocycles. The zero-order valence-electron chi connectivity index (χ0n) is 19.2. The number of rotatable bonds is 4. The monoisotopic (exact) mass is 472 g/mol. The number of ether oxygens (including phenoxy) is 2. The van der Waals surface area contributed by atoms with E-state index in [9.17, 15) is 13.6 Å². The minimum atomic E-state index is -3.00. The summed E-state index contributed by atoms with van der Waals surface area (Å²) in [6.07, 6.45) is 2.61. The minimum absolute atomic E-state index is 0.0145. The normalized spacial score (nSPS) is 14.5. The molecule has 0 aliphatic carbocycles. The van der Waals surface area contributed by atoms with E-state index in [0.717, 1.165) is 22.3 Å². The number of nitrogen functional groups attached to an aromatic ring is 1. The van der Waals surface area contributed by atoms with Gasteiger partial charge in [0.1, 0.15) is 17.7 Å². The molecule has 0 saturated carbocycles. The summed E-state index contributed by atoms with van der Waals surface area (Å²) in [6, 6.07) is 7.15. The van der Waals surface area contributed by atoms with Crippen LogP contribution in [0.5, 0.6) is 5.88 Å². The topological polar surface area (TPSA) is 107 Å². The highest BCUT2D eigenvalue weighted by Crippen LogP contribution is 2.32. The maximum absolute atomic E-state index is 12.5. The van der Waals surface area contributed by atoms with Gasteiger partial charge in [-0.05, 0) is 44.5 Å². The van der Waals surface area contributed by atoms with Crippen LogP contribution in [0, 0.1) is 0 Å². The highest BCUT2D eigenvalue weighted by Gasteiger charge is 2.27. The minimum Gasteiger partial charge on any atom is -0.444 e. The van der Waals surface area contributed by atoms with Crippen LogP contribution in [0.25, 0.3) is 22.0 Å². The summed E-state index contributed by atoms with van der Waals surface area (Å²) in [7, 11) is 0. The second-order valence-electron chi connectivity index (χ2n) is 8.88. The number of fused-ring (bicyclic) bond motifs is 1. The molecule has 1 saturated heterocycles. The van der Waals surface area contributed by atoms with Gasteiger partial charge in [0, 0.05) is 43.3 Å². The standard InChI is InChI=1S/C23H26F2N6O3/c1-23(2,3)34-22(32)31-8-6-30(7-9-31)19-16-10-14(4-5-18(16)28-13-29-19)15-11-17(26)20(27-12-15)33-21(24)25/h4-5,10-13,21H,6-9,26H2,1-3H3. The average Bonchev–Trinajstić information content (AvgIpc) is 2.78. The predicted octanol–water partition coefficient (Wildman–Crippen LogP) is 3.93. The van der Waals surface area contributed by atoms with Gasteiger partial charge in [-0.3, -0.25) is 0 Å². The van der Waals surface area contributed by atoms with Gasteiger partial charge in [-0.25, -0.2) is 19.7 Å². The summed E-state index contributed by atoms with van der Waals surface area (Å²) >= 11 is 0. The van der Waals surface area contributed by atoms with E-state index in [4.69, 9.17) is 10.5 Å². The molecule has 1 aliphatic rings. The second kappa shape index (κ2) is 9.24. The number of hydrogen-bond acceptors (Lipinski definition) is 8. The molecule has 4 rings (SSSR count). The summed E-state index contributed by atoms with van der Waals surface area (Å²) < 4.78 is 34.8. The van der Waals surface area contributed by atoms with Crippen molar-refractivity contribution in [3.8, 4) is 17.0 Å². The lowest BCUT2D eigenvalue weighted by molar-refractivity contribution is -0.0522. The quantitative estimate of drug-likeness (QED) is 0.609. The molecule has 1 fully saturated rings. The highest BCUT2D eigenvalue weighted by atomic mass is 19.3. The van der Waals surface area contributed by atoms with Crippen molar-refractivity contribution in [3.63, 3.8) is 0 Å². The van der Waals surface area contributed by atoms with Gasteiger partial charge in [0.25, 0.3) is 0 Å². The van der Waals surface area contributed by atoms with Gasteiger partial charge >= 0.3 is 12.7 Å². The van der Waals surface area contributed by atoms with Crippen LogP contribution in [0.3, 0.4) is 0 Å². The Bertz CT molecular complexity index is 1190. The molecule has 3 aromatic rings. The van der Waals surface area contributed by atoms with E-state index in [1.54, 1.807) is 4.90 Å². The number of nitrogens with zero attached hydrogens (tertiary/aromatic N) is 5. The number of carbonyl (C=O) groups is 1. The van der Waals surface area contributed by atoms with Crippen molar-refractivity contribution < 1.29 is 23.0 Å². The van der Waals surface area contributed by atoms with E-state index in [1.807, 2.05) is 39.0 Å². The first-order chi connectivity index (χ1) is 16.1. The van der Waals surface area contributed by atoms with Crippen LogP contribution in [-0.2, 0) is 4.74 Å². The molecule has 2 aromatic heterocycles. The maximum atomic E-state index is 12.5. The number of pyridine rings is 1. The number of nitrogens with two attached hydrogens (primary N) is 1. The lowest BCUT2D eigenvalue weighted by atomic mass is 10.0. The highest BCUT2D eigenvalue weighted by molar-refractivity contribution is 5.93. The molecule has 11 heteroatoms. The van der Waals surface area contributed by atoms with E-state index in [2.05, 4.69) is 24.6 Å². The molecule has 34 heavy (non-hydrogen) atoms. The van der Waals surface area contributed by atoms with Crippen LogP contribution in [0.1, 0.15) is 20.8 Å². The van der Waals surface area contributed by atoms with Gasteiger partial charge in [0.2, 0.25) is 5.88 Å². The van der Waals surface area contributed by atoms with E-state index in [0.29, 0.717) is 31.7 Å². The van der Waals surface area contributed by atoms with Gasteiger partial charge in [-0.2, -0.15) is 8.78 Å². The third-order valence-electron chi connectivity index (χ3n) is 5.26. The molecule has 9 nitrogen and oxygen atoms in total. The Kier molecular flexibility index (Phi) is 6.36. The fraction of sp³-hybridized carbons (Fsp3) is 0.391. The number of benzene rings is 1. The number of alkyl halides is 2. The average molecular weight is 472 g/mol. The first kappa shape index (κ1) is 23.4. The van der Waals surface area contributed by atoms with E-state index >= 15 is 0 Å². The molecule has 1 aliphatic heterocycles. The van der Waals surface area contributed by atoms with Crippen molar-refractivity contribution in [2.45, 2.75) is 33.0 Å². The Balaban J connectivity index is 1.57. The van der Waals surface area contributed by atoms with Gasteiger partial charge in [-0.15, -0.1) is 0 Å². The van der Waals surface area contributed by atoms with E-state index in [1.165, 1.54) is 18.6 Å². The summed E-state index contributed by atoms with van der Waals surface area (Å²) in [6.45, 7) is 4.71. The lowest BCUT2D eigenvalue weighted by Gasteiger charge is -2.36. The summed E-state index contributed by atoms with van der Waals surface area (Å²) in [4.78, 5) is 28.9. The molecule has 0 unspecified atom stereocenters. The third kappa shape index (κ3) is 5.24. The number of carbonyl (C=O) groups excluding carboxylic acids is 1. The van der Waals surface area contributed by atoms with Crippen molar-refractivity contribution in [2.24, 2.45) is 0 Å². The molecular weight excluding hydrogens is 446 g/mol. The fourth-order valence-corrected chi connectivity index (χ4v) is 3.71. The molecule has 0 atom stereocenters. The molecular formula is C23H26F2N6O3. The van der Waals surface area contributed by atoms with Crippen molar-refractivity contribution >= 4 is 28.5 Å². The first-order valence-electron chi connectivity index (χ1n) is 10.8. The SMILES string of the molecule is CC(C)(C)OC(=O)N1CCN(c2ncnc3ccc(-c4cnc(OC(F)F)c(N)c4)cc23)CC1. The van der Waals surface area contributed by atoms with Gasteiger partial charge in [0.15, 0.2) is 0 Å². The fourth-order valence-electron chi connectivity index (χ4n) is 3.71. The first-order valence-corrected chi connectivity index (χ1v) is 10.8. The van der Waals surface area contributed by atoms with Crippen molar-refractivity contribution in [1.82, 2.24) is 19.9 Å². The zero-order chi connectivity index (χ0) is 24.5. The largest absolute Gasteiger partial charge is 0.444 e. The molecule has 0 spiro atoms. The Labute approximate surface area is 195 Å². The smallest absolute Gasteiger partial charge is 0.410 e. The molecule has 180 valence electrons. The number of amides is 1. The number of anilines is 2. The molecule has 0 bridgehead atoms. The van der Waals surface area contributed by atoms with Crippen molar-refractivity contribution in [3.05, 3.63) is 36.8 Å². The summed E-state index contributed by atoms with van der Waals surface area (Å²) in [5, 5.41) is 0.817. The predicted molar refractivity (Wildman–Crippen MR) is 124 cm³/mol. The molecule has 0 radical (unpaired) electrons. The molecule has 2 N–H and O–H groups in total. The van der Waals surface area contributed by atoms with Crippen molar-refractivity contribution in [1.29, 1.82) is 0 Å². The second-order valence-corrected chi connectivity index (χ2v) is 8.88. The van der Waals surface area contributed by atoms with Gasteiger partial charge < -0.3 is 25.0 Å². The molecule has 1 aromatic carbocycles. The Morgan fingerprint density at radius 1 is 1.06 bits per heavy atom. The van der Waals surface area contributed by atoms with Crippen LogP contribution in [-0.4, -0.2) is 64.3 Å². The van der Waals surface area contributed by atoms with Crippen LogP contribution in [0.2, 0.25) is 0 Å². The summed E-state index contributed by atoms with van der Waals surface area (Å²) in [5.74, 6) is 0.431. The Morgan fingerprint density at radius 3 is 2.44 bits per heavy atom. The maximum Gasteiger partial charge on any atom is 0.410 e. The van der Waals surface area contributed by atoms with Crippen LogP contribution in [0.4, 0.5) is 25.1 Å².